The summed E-state index contributed by atoms with van der Waals surface area (Å²) < 4.78 is 16.8. The van der Waals surface area contributed by atoms with Crippen molar-refractivity contribution in [1.82, 2.24) is 5.32 Å². The first-order valence-corrected chi connectivity index (χ1v) is 7.34. The molecule has 1 aliphatic rings. The zero-order valence-electron chi connectivity index (χ0n) is 8.57. The van der Waals surface area contributed by atoms with Crippen molar-refractivity contribution in [3.05, 3.63) is 22.6 Å². The van der Waals surface area contributed by atoms with Gasteiger partial charge < -0.3 is 9.73 Å². The van der Waals surface area contributed by atoms with E-state index in [1.165, 1.54) is 0 Å². The van der Waals surface area contributed by atoms with E-state index in [9.17, 15) is 9.00 Å². The zero-order valence-corrected chi connectivity index (χ0v) is 11.0. The van der Waals surface area contributed by atoms with Crippen molar-refractivity contribution in [2.45, 2.75) is 18.9 Å². The fraction of sp³-hybridized carbons (Fsp3) is 0.500. The van der Waals surface area contributed by atoms with Crippen LogP contribution in [-0.4, -0.2) is 27.7 Å². The Labute approximate surface area is 104 Å². The number of carbonyl (C=O) groups excluding carboxylic acids is 1. The highest BCUT2D eigenvalue weighted by molar-refractivity contribution is 9.10. The molecule has 0 saturated carbocycles. The van der Waals surface area contributed by atoms with Crippen molar-refractivity contribution >= 4 is 32.6 Å². The molecule has 0 spiro atoms. The molecule has 2 rings (SSSR count). The van der Waals surface area contributed by atoms with Gasteiger partial charge in [-0.05, 0) is 40.9 Å². The van der Waals surface area contributed by atoms with Crippen molar-refractivity contribution in [3.8, 4) is 0 Å². The first-order chi connectivity index (χ1) is 7.65. The molecule has 0 aromatic carbocycles. The van der Waals surface area contributed by atoms with E-state index < -0.39 is 10.8 Å². The van der Waals surface area contributed by atoms with E-state index >= 15 is 0 Å². The van der Waals surface area contributed by atoms with Crippen molar-refractivity contribution in [2.24, 2.45) is 0 Å². The van der Waals surface area contributed by atoms with Crippen LogP contribution in [-0.2, 0) is 10.8 Å². The van der Waals surface area contributed by atoms with E-state index in [-0.39, 0.29) is 11.9 Å². The molecule has 1 aromatic heterocycles. The maximum Gasteiger partial charge on any atom is 0.287 e. The Balaban J connectivity index is 1.90. The summed E-state index contributed by atoms with van der Waals surface area (Å²) in [7, 11) is -0.698. The summed E-state index contributed by atoms with van der Waals surface area (Å²) in [4.78, 5) is 11.7. The van der Waals surface area contributed by atoms with Crippen LogP contribution in [0.1, 0.15) is 23.4 Å². The van der Waals surface area contributed by atoms with Crippen LogP contribution in [0.4, 0.5) is 0 Å². The number of furan rings is 1. The summed E-state index contributed by atoms with van der Waals surface area (Å²) in [6.45, 7) is 0. The maximum absolute atomic E-state index is 11.7. The molecule has 1 fully saturated rings. The second kappa shape index (κ2) is 5.14. The third kappa shape index (κ3) is 2.95. The van der Waals surface area contributed by atoms with E-state index in [0.29, 0.717) is 21.9 Å². The second-order valence-electron chi connectivity index (χ2n) is 3.70. The largest absolute Gasteiger partial charge is 0.444 e. The fourth-order valence-electron chi connectivity index (χ4n) is 1.63. The highest BCUT2D eigenvalue weighted by Gasteiger charge is 2.21. The minimum atomic E-state index is -0.698. The normalized spacial score (nSPS) is 25.3. The van der Waals surface area contributed by atoms with Crippen LogP contribution in [0.5, 0.6) is 0 Å². The first kappa shape index (κ1) is 11.9. The summed E-state index contributed by atoms with van der Waals surface area (Å²) in [6.07, 6.45) is 1.56. The van der Waals surface area contributed by atoms with Crippen LogP contribution >= 0.6 is 15.9 Å². The monoisotopic (exact) mass is 305 g/mol. The van der Waals surface area contributed by atoms with Gasteiger partial charge in [-0.3, -0.25) is 9.00 Å². The van der Waals surface area contributed by atoms with Gasteiger partial charge in [-0.15, -0.1) is 0 Å². The lowest BCUT2D eigenvalue weighted by Gasteiger charge is -2.21. The summed E-state index contributed by atoms with van der Waals surface area (Å²) in [5.74, 6) is 1.45. The number of hydrogen-bond acceptors (Lipinski definition) is 3. The van der Waals surface area contributed by atoms with Crippen LogP contribution in [0.3, 0.4) is 0 Å². The van der Waals surface area contributed by atoms with E-state index in [1.54, 1.807) is 12.1 Å². The van der Waals surface area contributed by atoms with Crippen molar-refractivity contribution in [3.63, 3.8) is 0 Å². The average Bonchev–Trinajstić information content (AvgIpc) is 2.68. The molecule has 1 N–H and O–H groups in total. The van der Waals surface area contributed by atoms with Gasteiger partial charge in [-0.1, -0.05) is 0 Å². The van der Waals surface area contributed by atoms with Crippen molar-refractivity contribution in [1.29, 1.82) is 0 Å². The molecule has 1 aromatic rings. The third-order valence-electron chi connectivity index (χ3n) is 2.52. The summed E-state index contributed by atoms with van der Waals surface area (Å²) in [5, 5.41) is 2.88. The molecule has 0 radical (unpaired) electrons. The SMILES string of the molecule is O=C(NC1CCS(=O)CC1)c1ccc(Br)o1. The molecule has 4 nitrogen and oxygen atoms in total. The first-order valence-electron chi connectivity index (χ1n) is 5.06. The fourth-order valence-corrected chi connectivity index (χ4v) is 3.24. The van der Waals surface area contributed by atoms with Gasteiger partial charge in [0.1, 0.15) is 0 Å². The molecular weight excluding hydrogens is 294 g/mol. The molecule has 0 unspecified atom stereocenters. The molecule has 1 saturated heterocycles. The molecule has 0 aliphatic carbocycles. The number of rotatable bonds is 2. The lowest BCUT2D eigenvalue weighted by atomic mass is 10.1. The maximum atomic E-state index is 11.7. The average molecular weight is 306 g/mol. The van der Waals surface area contributed by atoms with E-state index in [1.807, 2.05) is 0 Å². The predicted octanol–water partition coefficient (Wildman–Crippen LogP) is 1.68. The standard InChI is InChI=1S/C10H12BrNO3S/c11-9-2-1-8(15-9)10(13)12-7-3-5-16(14)6-4-7/h1-2,7H,3-6H2,(H,12,13). The molecule has 6 heteroatoms. The van der Waals surface area contributed by atoms with Crippen LogP contribution in [0.25, 0.3) is 0 Å². The quantitative estimate of drug-likeness (QED) is 0.904. The summed E-state index contributed by atoms with van der Waals surface area (Å²) >= 11 is 3.15. The Morgan fingerprint density at radius 1 is 1.44 bits per heavy atom. The van der Waals surface area contributed by atoms with E-state index in [2.05, 4.69) is 21.2 Å². The number of nitrogens with one attached hydrogen (secondary N) is 1. The smallest absolute Gasteiger partial charge is 0.287 e. The molecule has 88 valence electrons. The predicted molar refractivity (Wildman–Crippen MR) is 64.8 cm³/mol. The van der Waals surface area contributed by atoms with Crippen LogP contribution < -0.4 is 5.32 Å². The van der Waals surface area contributed by atoms with Crippen molar-refractivity contribution in [2.75, 3.05) is 11.5 Å². The molecule has 0 bridgehead atoms. The third-order valence-corrected chi connectivity index (χ3v) is 4.33. The summed E-state index contributed by atoms with van der Waals surface area (Å²) in [6, 6.07) is 3.43. The summed E-state index contributed by atoms with van der Waals surface area (Å²) in [5.41, 5.74) is 0. The van der Waals surface area contributed by atoms with Crippen molar-refractivity contribution < 1.29 is 13.4 Å². The number of hydrogen-bond donors (Lipinski definition) is 1. The van der Waals surface area contributed by atoms with Gasteiger partial charge in [0.2, 0.25) is 0 Å². The Bertz CT molecular complexity index is 408. The van der Waals surface area contributed by atoms with Crippen LogP contribution in [0.2, 0.25) is 0 Å². The van der Waals surface area contributed by atoms with Gasteiger partial charge in [-0.2, -0.15) is 0 Å². The molecule has 1 aliphatic heterocycles. The van der Waals surface area contributed by atoms with E-state index in [0.717, 1.165) is 12.8 Å². The topological polar surface area (TPSA) is 59.3 Å². The minimum absolute atomic E-state index is 0.120. The lowest BCUT2D eigenvalue weighted by molar-refractivity contribution is 0.0905. The molecule has 0 atom stereocenters. The van der Waals surface area contributed by atoms with Crippen LogP contribution in [0, 0.1) is 0 Å². The molecule has 1 amide bonds. The Morgan fingerprint density at radius 3 is 2.69 bits per heavy atom. The Morgan fingerprint density at radius 2 is 2.12 bits per heavy atom. The molecule has 2 heterocycles. The van der Waals surface area contributed by atoms with Gasteiger partial charge in [0.05, 0.1) is 0 Å². The van der Waals surface area contributed by atoms with E-state index in [4.69, 9.17) is 4.42 Å². The Kier molecular flexibility index (Phi) is 3.81. The number of amides is 1. The number of carbonyl (C=O) groups is 1. The second-order valence-corrected chi connectivity index (χ2v) is 6.18. The minimum Gasteiger partial charge on any atom is -0.444 e. The molecule has 16 heavy (non-hydrogen) atoms. The van der Waals surface area contributed by atoms with Gasteiger partial charge in [-0.25, -0.2) is 0 Å². The lowest BCUT2D eigenvalue weighted by Crippen LogP contribution is -2.39. The van der Waals surface area contributed by atoms with Gasteiger partial charge in [0, 0.05) is 28.3 Å². The van der Waals surface area contributed by atoms with Gasteiger partial charge in [0.25, 0.3) is 5.91 Å². The van der Waals surface area contributed by atoms with Gasteiger partial charge in [0.15, 0.2) is 10.4 Å². The Hall–Kier alpha value is -0.620. The van der Waals surface area contributed by atoms with Crippen LogP contribution in [0.15, 0.2) is 21.2 Å². The molecular formula is C10H12BrNO3S. The highest BCUT2D eigenvalue weighted by Crippen LogP contribution is 2.15. The van der Waals surface area contributed by atoms with Gasteiger partial charge >= 0.3 is 0 Å². The number of halogens is 1. The zero-order chi connectivity index (χ0) is 11.5. The highest BCUT2D eigenvalue weighted by atomic mass is 79.9.